The summed E-state index contributed by atoms with van der Waals surface area (Å²) in [7, 11) is 0. The van der Waals surface area contributed by atoms with Gasteiger partial charge in [0, 0.05) is 18.9 Å². The van der Waals surface area contributed by atoms with Gasteiger partial charge < -0.3 is 5.32 Å². The first-order valence-electron chi connectivity index (χ1n) is 5.34. The van der Waals surface area contributed by atoms with E-state index in [4.69, 9.17) is 11.6 Å². The maximum Gasteiger partial charge on any atom is 0.126 e. The van der Waals surface area contributed by atoms with Crippen LogP contribution in [0.15, 0.2) is 42.7 Å². The Morgan fingerprint density at radius 1 is 1.24 bits per heavy atom. The summed E-state index contributed by atoms with van der Waals surface area (Å²) in [5.41, 5.74) is 1.52. The highest BCUT2D eigenvalue weighted by molar-refractivity contribution is 6.33. The summed E-state index contributed by atoms with van der Waals surface area (Å²) in [4.78, 5) is 3.89. The fourth-order valence-electron chi connectivity index (χ4n) is 1.55. The summed E-state index contributed by atoms with van der Waals surface area (Å²) < 4.78 is 13.3. The van der Waals surface area contributed by atoms with Crippen molar-refractivity contribution < 1.29 is 4.39 Å². The smallest absolute Gasteiger partial charge is 0.126 e. The molecular weight excluding hydrogens is 239 g/mol. The van der Waals surface area contributed by atoms with Gasteiger partial charge in [-0.3, -0.25) is 4.98 Å². The number of benzene rings is 1. The third-order valence-corrected chi connectivity index (χ3v) is 2.74. The van der Waals surface area contributed by atoms with Crippen LogP contribution < -0.4 is 5.32 Å². The fourth-order valence-corrected chi connectivity index (χ4v) is 1.74. The highest BCUT2D eigenvalue weighted by Gasteiger charge is 2.01. The van der Waals surface area contributed by atoms with Crippen molar-refractivity contribution in [1.82, 2.24) is 4.98 Å². The first-order valence-corrected chi connectivity index (χ1v) is 5.72. The minimum absolute atomic E-state index is 0.171. The second kappa shape index (κ2) is 5.64. The molecule has 0 fully saturated rings. The zero-order valence-electron chi connectivity index (χ0n) is 9.16. The molecule has 0 saturated heterocycles. The SMILES string of the molecule is Fc1ccccc1CCNc1ccncc1Cl. The van der Waals surface area contributed by atoms with Gasteiger partial charge in [0.1, 0.15) is 5.82 Å². The average molecular weight is 251 g/mol. The highest BCUT2D eigenvalue weighted by Crippen LogP contribution is 2.19. The molecule has 2 aromatic rings. The summed E-state index contributed by atoms with van der Waals surface area (Å²) in [6.07, 6.45) is 3.86. The van der Waals surface area contributed by atoms with Crippen LogP contribution in [-0.4, -0.2) is 11.5 Å². The zero-order chi connectivity index (χ0) is 12.1. The summed E-state index contributed by atoms with van der Waals surface area (Å²) in [6.45, 7) is 0.630. The van der Waals surface area contributed by atoms with E-state index in [0.717, 1.165) is 5.69 Å². The number of hydrogen-bond donors (Lipinski definition) is 1. The van der Waals surface area contributed by atoms with Crippen LogP contribution in [0, 0.1) is 5.82 Å². The first kappa shape index (κ1) is 11.9. The number of rotatable bonds is 4. The molecule has 0 atom stereocenters. The molecule has 0 aliphatic heterocycles. The van der Waals surface area contributed by atoms with Crippen molar-refractivity contribution in [2.45, 2.75) is 6.42 Å². The van der Waals surface area contributed by atoms with E-state index in [1.165, 1.54) is 6.07 Å². The van der Waals surface area contributed by atoms with Crippen LogP contribution in [0.2, 0.25) is 5.02 Å². The second-order valence-electron chi connectivity index (χ2n) is 3.62. The van der Waals surface area contributed by atoms with E-state index in [9.17, 15) is 4.39 Å². The van der Waals surface area contributed by atoms with E-state index in [2.05, 4.69) is 10.3 Å². The lowest BCUT2D eigenvalue weighted by molar-refractivity contribution is 0.610. The summed E-state index contributed by atoms with van der Waals surface area (Å²) in [5, 5.41) is 3.72. The van der Waals surface area contributed by atoms with E-state index in [1.807, 2.05) is 6.07 Å². The molecule has 1 aromatic heterocycles. The molecule has 4 heteroatoms. The van der Waals surface area contributed by atoms with Crippen molar-refractivity contribution in [3.8, 4) is 0 Å². The molecule has 0 saturated carbocycles. The van der Waals surface area contributed by atoms with Gasteiger partial charge >= 0.3 is 0 Å². The Morgan fingerprint density at radius 3 is 2.82 bits per heavy atom. The number of aromatic nitrogens is 1. The molecule has 0 spiro atoms. The van der Waals surface area contributed by atoms with Crippen molar-refractivity contribution in [3.05, 3.63) is 59.1 Å². The Morgan fingerprint density at radius 2 is 2.06 bits per heavy atom. The Labute approximate surface area is 104 Å². The maximum absolute atomic E-state index is 13.3. The highest BCUT2D eigenvalue weighted by atomic mass is 35.5. The molecule has 1 N–H and O–H groups in total. The fraction of sp³-hybridized carbons (Fsp3) is 0.154. The van der Waals surface area contributed by atoms with E-state index in [0.29, 0.717) is 23.6 Å². The van der Waals surface area contributed by atoms with Crippen LogP contribution in [0.25, 0.3) is 0 Å². The van der Waals surface area contributed by atoms with Gasteiger partial charge in [0.15, 0.2) is 0 Å². The molecule has 0 aliphatic carbocycles. The average Bonchev–Trinajstić information content (AvgIpc) is 2.34. The molecule has 88 valence electrons. The summed E-state index contributed by atoms with van der Waals surface area (Å²) >= 11 is 5.94. The van der Waals surface area contributed by atoms with Crippen molar-refractivity contribution in [2.24, 2.45) is 0 Å². The molecule has 0 unspecified atom stereocenters. The third kappa shape index (κ3) is 3.17. The Hall–Kier alpha value is -1.61. The van der Waals surface area contributed by atoms with E-state index < -0.39 is 0 Å². The third-order valence-electron chi connectivity index (χ3n) is 2.44. The monoisotopic (exact) mass is 250 g/mol. The standard InChI is InChI=1S/C13H12ClFN2/c14-11-9-16-7-6-13(11)17-8-5-10-3-1-2-4-12(10)15/h1-4,6-7,9H,5,8H2,(H,16,17). The van der Waals surface area contributed by atoms with Crippen LogP contribution in [0.3, 0.4) is 0 Å². The predicted molar refractivity (Wildman–Crippen MR) is 67.8 cm³/mol. The molecule has 17 heavy (non-hydrogen) atoms. The van der Waals surface area contributed by atoms with Crippen molar-refractivity contribution >= 4 is 17.3 Å². The van der Waals surface area contributed by atoms with Gasteiger partial charge in [0.2, 0.25) is 0 Å². The van der Waals surface area contributed by atoms with Crippen LogP contribution in [0.1, 0.15) is 5.56 Å². The molecule has 2 rings (SSSR count). The molecule has 0 radical (unpaired) electrons. The van der Waals surface area contributed by atoms with Crippen molar-refractivity contribution in [2.75, 3.05) is 11.9 Å². The minimum Gasteiger partial charge on any atom is -0.383 e. The zero-order valence-corrected chi connectivity index (χ0v) is 9.91. The molecule has 0 bridgehead atoms. The lowest BCUT2D eigenvalue weighted by atomic mass is 10.1. The molecule has 1 aromatic carbocycles. The Kier molecular flexibility index (Phi) is 3.94. The summed E-state index contributed by atoms with van der Waals surface area (Å²) in [6, 6.07) is 8.56. The van der Waals surface area contributed by atoms with Crippen LogP contribution >= 0.6 is 11.6 Å². The number of anilines is 1. The number of nitrogens with one attached hydrogen (secondary N) is 1. The first-order chi connectivity index (χ1) is 8.27. The Balaban J connectivity index is 1.93. The van der Waals surface area contributed by atoms with Gasteiger partial charge in [0.05, 0.1) is 10.7 Å². The number of pyridine rings is 1. The molecular formula is C13H12ClFN2. The maximum atomic E-state index is 13.3. The van der Waals surface area contributed by atoms with Crippen LogP contribution in [-0.2, 0) is 6.42 Å². The van der Waals surface area contributed by atoms with Crippen molar-refractivity contribution in [1.29, 1.82) is 0 Å². The largest absolute Gasteiger partial charge is 0.383 e. The van der Waals surface area contributed by atoms with E-state index >= 15 is 0 Å². The lowest BCUT2D eigenvalue weighted by Crippen LogP contribution is -2.06. The van der Waals surface area contributed by atoms with Gasteiger partial charge in [-0.05, 0) is 24.1 Å². The van der Waals surface area contributed by atoms with Crippen LogP contribution in [0.4, 0.5) is 10.1 Å². The second-order valence-corrected chi connectivity index (χ2v) is 4.03. The van der Waals surface area contributed by atoms with E-state index in [1.54, 1.807) is 30.6 Å². The van der Waals surface area contributed by atoms with Crippen molar-refractivity contribution in [3.63, 3.8) is 0 Å². The predicted octanol–water partition coefficient (Wildman–Crippen LogP) is 3.53. The van der Waals surface area contributed by atoms with Gasteiger partial charge in [-0.2, -0.15) is 0 Å². The summed E-state index contributed by atoms with van der Waals surface area (Å²) in [5.74, 6) is -0.171. The number of hydrogen-bond acceptors (Lipinski definition) is 2. The lowest BCUT2D eigenvalue weighted by Gasteiger charge is -2.08. The van der Waals surface area contributed by atoms with Gasteiger partial charge in [0.25, 0.3) is 0 Å². The van der Waals surface area contributed by atoms with E-state index in [-0.39, 0.29) is 5.82 Å². The normalized spacial score (nSPS) is 10.2. The van der Waals surface area contributed by atoms with Gasteiger partial charge in [-0.1, -0.05) is 29.8 Å². The molecule has 2 nitrogen and oxygen atoms in total. The minimum atomic E-state index is -0.171. The topological polar surface area (TPSA) is 24.9 Å². The molecule has 0 aliphatic rings. The van der Waals surface area contributed by atoms with Gasteiger partial charge in [-0.15, -0.1) is 0 Å². The number of nitrogens with zero attached hydrogens (tertiary/aromatic N) is 1. The van der Waals surface area contributed by atoms with Crippen LogP contribution in [0.5, 0.6) is 0 Å². The van der Waals surface area contributed by atoms with Gasteiger partial charge in [-0.25, -0.2) is 4.39 Å². The number of halogens is 2. The molecule has 0 amide bonds. The Bertz CT molecular complexity index is 457. The molecule has 1 heterocycles. The quantitative estimate of drug-likeness (QED) is 0.898.